The van der Waals surface area contributed by atoms with Crippen molar-refractivity contribution < 1.29 is 4.79 Å². The molecule has 0 bridgehead atoms. The van der Waals surface area contributed by atoms with Crippen LogP contribution < -0.4 is 5.32 Å². The number of fused-ring (bicyclic) bond motifs is 1. The predicted octanol–water partition coefficient (Wildman–Crippen LogP) is 3.63. The standard InChI is InChI=1S/C22H32N2O/c25-22(15-17-10-11-18-6-5-7-19(18)14-17)23-20-12-13-24(16-20)21-8-3-1-2-4-9-21/h10-11,14,20-21H,1-9,12-13,15-16H2,(H,23,25). The van der Waals surface area contributed by atoms with E-state index in [2.05, 4.69) is 28.4 Å². The van der Waals surface area contributed by atoms with Crippen LogP contribution in [-0.2, 0) is 24.1 Å². The largest absolute Gasteiger partial charge is 0.352 e. The Bertz CT molecular complexity index is 604. The van der Waals surface area contributed by atoms with E-state index < -0.39 is 0 Å². The van der Waals surface area contributed by atoms with Crippen LogP contribution in [0.4, 0.5) is 0 Å². The van der Waals surface area contributed by atoms with Crippen molar-refractivity contribution in [3.05, 3.63) is 34.9 Å². The molecule has 1 amide bonds. The zero-order chi connectivity index (χ0) is 17.1. The first-order chi connectivity index (χ1) is 12.3. The van der Waals surface area contributed by atoms with Crippen molar-refractivity contribution in [2.45, 2.75) is 82.7 Å². The summed E-state index contributed by atoms with van der Waals surface area (Å²) in [5.41, 5.74) is 4.13. The average Bonchev–Trinajstić information content (AvgIpc) is 3.17. The molecule has 136 valence electrons. The third-order valence-corrected chi connectivity index (χ3v) is 6.45. The quantitative estimate of drug-likeness (QED) is 0.849. The van der Waals surface area contributed by atoms with E-state index in [-0.39, 0.29) is 5.91 Å². The molecule has 1 saturated carbocycles. The highest BCUT2D eigenvalue weighted by molar-refractivity contribution is 5.79. The maximum atomic E-state index is 12.5. The van der Waals surface area contributed by atoms with Crippen molar-refractivity contribution >= 4 is 5.91 Å². The third kappa shape index (κ3) is 4.25. The van der Waals surface area contributed by atoms with Gasteiger partial charge in [-0.1, -0.05) is 43.9 Å². The minimum Gasteiger partial charge on any atom is -0.352 e. The number of benzene rings is 1. The molecule has 1 N–H and O–H groups in total. The lowest BCUT2D eigenvalue weighted by Crippen LogP contribution is -2.40. The van der Waals surface area contributed by atoms with Crippen LogP contribution in [0, 0.1) is 0 Å². The SMILES string of the molecule is O=C(Cc1ccc2c(c1)CCC2)NC1CCN(C2CCCCCC2)C1. The number of rotatable bonds is 4. The number of likely N-dealkylation sites (tertiary alicyclic amines) is 1. The molecule has 0 spiro atoms. The summed E-state index contributed by atoms with van der Waals surface area (Å²) in [6, 6.07) is 7.75. The van der Waals surface area contributed by atoms with Crippen LogP contribution in [0.3, 0.4) is 0 Å². The highest BCUT2D eigenvalue weighted by Gasteiger charge is 2.29. The minimum absolute atomic E-state index is 0.200. The van der Waals surface area contributed by atoms with Gasteiger partial charge in [0.15, 0.2) is 0 Å². The van der Waals surface area contributed by atoms with Crippen LogP contribution in [0.1, 0.15) is 68.1 Å². The van der Waals surface area contributed by atoms with Crippen molar-refractivity contribution in [2.24, 2.45) is 0 Å². The lowest BCUT2D eigenvalue weighted by molar-refractivity contribution is -0.121. The molecule has 2 fully saturated rings. The first kappa shape index (κ1) is 17.1. The third-order valence-electron chi connectivity index (χ3n) is 6.45. The molecule has 0 aromatic heterocycles. The lowest BCUT2D eigenvalue weighted by Gasteiger charge is -2.26. The summed E-state index contributed by atoms with van der Waals surface area (Å²) in [5, 5.41) is 3.30. The molecular formula is C22H32N2O. The molecule has 1 atom stereocenters. The zero-order valence-electron chi connectivity index (χ0n) is 15.4. The van der Waals surface area contributed by atoms with Crippen LogP contribution in [-0.4, -0.2) is 36.0 Å². The van der Waals surface area contributed by atoms with Gasteiger partial charge in [0.1, 0.15) is 0 Å². The van der Waals surface area contributed by atoms with E-state index in [9.17, 15) is 4.79 Å². The first-order valence-electron chi connectivity index (χ1n) is 10.4. The topological polar surface area (TPSA) is 32.3 Å². The second kappa shape index (κ2) is 7.90. The van der Waals surface area contributed by atoms with Gasteiger partial charge in [-0.3, -0.25) is 9.69 Å². The van der Waals surface area contributed by atoms with Crippen LogP contribution in [0.25, 0.3) is 0 Å². The Kier molecular flexibility index (Phi) is 5.40. The van der Waals surface area contributed by atoms with E-state index in [0.29, 0.717) is 12.5 Å². The Balaban J connectivity index is 1.27. The number of nitrogens with zero attached hydrogens (tertiary/aromatic N) is 1. The van der Waals surface area contributed by atoms with Gasteiger partial charge >= 0.3 is 0 Å². The van der Waals surface area contributed by atoms with E-state index in [1.807, 2.05) is 0 Å². The fourth-order valence-electron chi connectivity index (χ4n) is 5.06. The molecule has 3 nitrogen and oxygen atoms in total. The summed E-state index contributed by atoms with van der Waals surface area (Å²) in [6.45, 7) is 2.22. The molecule has 1 aliphatic heterocycles. The second-order valence-electron chi connectivity index (χ2n) is 8.33. The van der Waals surface area contributed by atoms with Gasteiger partial charge in [0.2, 0.25) is 5.91 Å². The fraction of sp³-hybridized carbons (Fsp3) is 0.682. The molecule has 25 heavy (non-hydrogen) atoms. The van der Waals surface area contributed by atoms with Gasteiger partial charge in [-0.05, 0) is 55.2 Å². The Morgan fingerprint density at radius 3 is 2.64 bits per heavy atom. The van der Waals surface area contributed by atoms with Crippen molar-refractivity contribution in [3.8, 4) is 0 Å². The molecule has 3 aliphatic rings. The summed E-state index contributed by atoms with van der Waals surface area (Å²) in [7, 11) is 0. The van der Waals surface area contributed by atoms with Gasteiger partial charge in [0.25, 0.3) is 0 Å². The van der Waals surface area contributed by atoms with Gasteiger partial charge in [-0.15, -0.1) is 0 Å². The van der Waals surface area contributed by atoms with Crippen LogP contribution in [0.5, 0.6) is 0 Å². The molecule has 3 heteroatoms. The van der Waals surface area contributed by atoms with Crippen LogP contribution >= 0.6 is 0 Å². The summed E-state index contributed by atoms with van der Waals surface area (Å²) in [5.74, 6) is 0.200. The number of amides is 1. The molecular weight excluding hydrogens is 308 g/mol. The zero-order valence-corrected chi connectivity index (χ0v) is 15.4. The normalized spacial score (nSPS) is 24.9. The highest BCUT2D eigenvalue weighted by atomic mass is 16.1. The predicted molar refractivity (Wildman–Crippen MR) is 102 cm³/mol. The van der Waals surface area contributed by atoms with Gasteiger partial charge < -0.3 is 5.32 Å². The molecule has 1 saturated heterocycles. The lowest BCUT2D eigenvalue weighted by atomic mass is 10.0. The second-order valence-corrected chi connectivity index (χ2v) is 8.33. The summed E-state index contributed by atoms with van der Waals surface area (Å²) in [4.78, 5) is 15.1. The van der Waals surface area contributed by atoms with Crippen molar-refractivity contribution in [2.75, 3.05) is 13.1 Å². The van der Waals surface area contributed by atoms with Crippen molar-refractivity contribution in [3.63, 3.8) is 0 Å². The van der Waals surface area contributed by atoms with E-state index in [4.69, 9.17) is 0 Å². The van der Waals surface area contributed by atoms with Gasteiger partial charge in [0, 0.05) is 25.2 Å². The van der Waals surface area contributed by atoms with E-state index in [0.717, 1.165) is 25.6 Å². The molecule has 1 aromatic rings. The fourth-order valence-corrected chi connectivity index (χ4v) is 5.06. The molecule has 4 rings (SSSR count). The molecule has 2 aliphatic carbocycles. The molecule has 1 unspecified atom stereocenters. The van der Waals surface area contributed by atoms with Crippen molar-refractivity contribution in [1.29, 1.82) is 0 Å². The monoisotopic (exact) mass is 340 g/mol. The number of hydrogen-bond donors (Lipinski definition) is 1. The summed E-state index contributed by atoms with van der Waals surface area (Å²) < 4.78 is 0. The van der Waals surface area contributed by atoms with Crippen LogP contribution in [0.15, 0.2) is 18.2 Å². The number of aryl methyl sites for hydroxylation is 2. The van der Waals surface area contributed by atoms with Crippen molar-refractivity contribution in [1.82, 2.24) is 10.2 Å². The maximum Gasteiger partial charge on any atom is 0.224 e. The van der Waals surface area contributed by atoms with Gasteiger partial charge in [-0.2, -0.15) is 0 Å². The molecule has 0 radical (unpaired) electrons. The summed E-state index contributed by atoms with van der Waals surface area (Å²) >= 11 is 0. The van der Waals surface area contributed by atoms with E-state index >= 15 is 0 Å². The number of nitrogens with one attached hydrogen (secondary N) is 1. The minimum atomic E-state index is 0.200. The molecule has 1 aromatic carbocycles. The van der Waals surface area contributed by atoms with E-state index in [1.165, 1.54) is 74.5 Å². The van der Waals surface area contributed by atoms with Gasteiger partial charge in [-0.25, -0.2) is 0 Å². The Morgan fingerprint density at radius 1 is 1.00 bits per heavy atom. The number of hydrogen-bond acceptors (Lipinski definition) is 2. The van der Waals surface area contributed by atoms with Gasteiger partial charge in [0.05, 0.1) is 6.42 Å². The highest BCUT2D eigenvalue weighted by Crippen LogP contribution is 2.25. The van der Waals surface area contributed by atoms with E-state index in [1.54, 1.807) is 0 Å². The number of carbonyl (C=O) groups excluding carboxylic acids is 1. The smallest absolute Gasteiger partial charge is 0.224 e. The first-order valence-corrected chi connectivity index (χ1v) is 10.4. The Hall–Kier alpha value is -1.35. The van der Waals surface area contributed by atoms with Crippen LogP contribution in [0.2, 0.25) is 0 Å². The Morgan fingerprint density at radius 2 is 1.80 bits per heavy atom. The average molecular weight is 341 g/mol. The number of carbonyl (C=O) groups is 1. The Labute approximate surface area is 152 Å². The summed E-state index contributed by atoms with van der Waals surface area (Å²) in [6.07, 6.45) is 13.6. The maximum absolute atomic E-state index is 12.5. The molecule has 1 heterocycles.